The number of carbonyl (C=O) groups excluding carboxylic acids is 2. The molecule has 0 unspecified atom stereocenters. The zero-order chi connectivity index (χ0) is 12.1. The van der Waals surface area contributed by atoms with Gasteiger partial charge in [0.05, 0.1) is 0 Å². The number of carbonyl (C=O) groups is 2. The van der Waals surface area contributed by atoms with Crippen LogP contribution in [-0.2, 0) is 6.42 Å². The van der Waals surface area contributed by atoms with Crippen LogP contribution < -0.4 is 0 Å². The van der Waals surface area contributed by atoms with Crippen LogP contribution in [0.1, 0.15) is 53.5 Å². The lowest BCUT2D eigenvalue weighted by atomic mass is 9.93. The number of Topliss-reactive ketones (excluding diaryl/α,β-unsaturated/α-hetero) is 1. The van der Waals surface area contributed by atoms with Crippen LogP contribution in [0.4, 0.5) is 0 Å². The number of hydrogen-bond acceptors (Lipinski definition) is 2. The lowest BCUT2D eigenvalue weighted by Crippen LogP contribution is -2.11. The van der Waals surface area contributed by atoms with Crippen LogP contribution in [0.3, 0.4) is 0 Å². The zero-order valence-corrected chi connectivity index (χ0v) is 10.1. The molecule has 0 aliphatic rings. The second kappa shape index (κ2) is 5.59. The highest BCUT2D eigenvalue weighted by Crippen LogP contribution is 2.17. The van der Waals surface area contributed by atoms with Crippen molar-refractivity contribution in [2.45, 2.75) is 33.6 Å². The minimum Gasteiger partial charge on any atom is -0.298 e. The van der Waals surface area contributed by atoms with Gasteiger partial charge in [0.1, 0.15) is 6.29 Å². The molecule has 0 saturated heterocycles. The van der Waals surface area contributed by atoms with E-state index in [9.17, 15) is 9.59 Å². The Morgan fingerprint density at radius 2 is 2.06 bits per heavy atom. The highest BCUT2D eigenvalue weighted by Gasteiger charge is 2.14. The summed E-state index contributed by atoms with van der Waals surface area (Å²) < 4.78 is 0. The van der Waals surface area contributed by atoms with Crippen molar-refractivity contribution in [2.24, 2.45) is 5.92 Å². The van der Waals surface area contributed by atoms with Crippen molar-refractivity contribution < 1.29 is 9.59 Å². The predicted octanol–water partition coefficient (Wildman–Crippen LogP) is 3.29. The summed E-state index contributed by atoms with van der Waals surface area (Å²) in [6, 6.07) is 5.31. The first-order chi connectivity index (χ1) is 7.60. The Kier molecular flexibility index (Phi) is 4.41. The summed E-state index contributed by atoms with van der Waals surface area (Å²) in [5, 5.41) is 0. The first-order valence-corrected chi connectivity index (χ1v) is 5.72. The van der Waals surface area contributed by atoms with Gasteiger partial charge in [-0.25, -0.2) is 0 Å². The van der Waals surface area contributed by atoms with Crippen LogP contribution in [0.15, 0.2) is 18.2 Å². The van der Waals surface area contributed by atoms with Crippen molar-refractivity contribution in [3.8, 4) is 0 Å². The largest absolute Gasteiger partial charge is 0.298 e. The van der Waals surface area contributed by atoms with Crippen molar-refractivity contribution in [1.29, 1.82) is 0 Å². The van der Waals surface area contributed by atoms with Gasteiger partial charge in [0.15, 0.2) is 5.78 Å². The third kappa shape index (κ3) is 2.78. The Hall–Kier alpha value is -1.44. The van der Waals surface area contributed by atoms with E-state index in [0.717, 1.165) is 30.3 Å². The summed E-state index contributed by atoms with van der Waals surface area (Å²) in [6.07, 6.45) is 2.64. The fraction of sp³-hybridized carbons (Fsp3) is 0.429. The SMILES string of the molecule is CCCc1cc(C=O)ccc1C(=O)C(C)C. The molecule has 0 fully saturated rings. The molecule has 0 bridgehead atoms. The van der Waals surface area contributed by atoms with Gasteiger partial charge in [0.2, 0.25) is 0 Å². The number of hydrogen-bond donors (Lipinski definition) is 0. The van der Waals surface area contributed by atoms with Gasteiger partial charge in [-0.05, 0) is 18.1 Å². The fourth-order valence-corrected chi connectivity index (χ4v) is 1.71. The van der Waals surface area contributed by atoms with E-state index in [2.05, 4.69) is 6.92 Å². The molecule has 0 spiro atoms. The maximum absolute atomic E-state index is 12.0. The van der Waals surface area contributed by atoms with Crippen LogP contribution in [-0.4, -0.2) is 12.1 Å². The smallest absolute Gasteiger partial charge is 0.165 e. The molecule has 1 rings (SSSR count). The number of rotatable bonds is 5. The number of aldehydes is 1. The minimum atomic E-state index is -0.00214. The third-order valence-electron chi connectivity index (χ3n) is 2.57. The summed E-state index contributed by atoms with van der Waals surface area (Å²) in [7, 11) is 0. The number of aryl methyl sites for hydroxylation is 1. The average molecular weight is 218 g/mol. The summed E-state index contributed by atoms with van der Waals surface area (Å²) >= 11 is 0. The molecular formula is C14H18O2. The van der Waals surface area contributed by atoms with Crippen LogP contribution in [0.25, 0.3) is 0 Å². The summed E-state index contributed by atoms with van der Waals surface area (Å²) in [4.78, 5) is 22.6. The van der Waals surface area contributed by atoms with Crippen molar-refractivity contribution >= 4 is 12.1 Å². The second-order valence-electron chi connectivity index (χ2n) is 4.30. The summed E-state index contributed by atoms with van der Waals surface area (Å²) in [5.74, 6) is 0.151. The molecule has 2 heteroatoms. The monoisotopic (exact) mass is 218 g/mol. The van der Waals surface area contributed by atoms with Gasteiger partial charge in [-0.15, -0.1) is 0 Å². The van der Waals surface area contributed by atoms with E-state index in [0.29, 0.717) is 5.56 Å². The van der Waals surface area contributed by atoms with Gasteiger partial charge in [0, 0.05) is 17.0 Å². The van der Waals surface area contributed by atoms with Crippen molar-refractivity contribution in [1.82, 2.24) is 0 Å². The molecular weight excluding hydrogens is 200 g/mol. The zero-order valence-electron chi connectivity index (χ0n) is 10.1. The lowest BCUT2D eigenvalue weighted by molar-refractivity contribution is 0.0938. The number of ketones is 1. The molecule has 16 heavy (non-hydrogen) atoms. The highest BCUT2D eigenvalue weighted by molar-refractivity contribution is 5.99. The van der Waals surface area contributed by atoms with Crippen LogP contribution in [0.5, 0.6) is 0 Å². The van der Waals surface area contributed by atoms with Crippen LogP contribution >= 0.6 is 0 Å². The number of benzene rings is 1. The van der Waals surface area contributed by atoms with Gasteiger partial charge in [-0.2, -0.15) is 0 Å². The van der Waals surface area contributed by atoms with E-state index in [4.69, 9.17) is 0 Å². The van der Waals surface area contributed by atoms with Crippen molar-refractivity contribution in [3.05, 3.63) is 34.9 Å². The van der Waals surface area contributed by atoms with Crippen molar-refractivity contribution in [3.63, 3.8) is 0 Å². The van der Waals surface area contributed by atoms with E-state index in [-0.39, 0.29) is 11.7 Å². The molecule has 0 heterocycles. The molecule has 86 valence electrons. The Morgan fingerprint density at radius 3 is 2.56 bits per heavy atom. The molecule has 0 aromatic heterocycles. The topological polar surface area (TPSA) is 34.1 Å². The molecule has 0 saturated carbocycles. The average Bonchev–Trinajstić information content (AvgIpc) is 2.28. The first kappa shape index (κ1) is 12.6. The predicted molar refractivity (Wildman–Crippen MR) is 65.0 cm³/mol. The molecule has 0 atom stereocenters. The Balaban J connectivity index is 3.16. The summed E-state index contributed by atoms with van der Waals surface area (Å²) in [5.41, 5.74) is 2.40. The van der Waals surface area contributed by atoms with Crippen molar-refractivity contribution in [2.75, 3.05) is 0 Å². The van der Waals surface area contributed by atoms with Gasteiger partial charge in [-0.3, -0.25) is 9.59 Å². The van der Waals surface area contributed by atoms with E-state index in [1.54, 1.807) is 12.1 Å². The standard InChI is InChI=1S/C14H18O2/c1-4-5-12-8-11(9-15)6-7-13(12)14(16)10(2)3/h6-10H,4-5H2,1-3H3. The van der Waals surface area contributed by atoms with Gasteiger partial charge in [0.25, 0.3) is 0 Å². The van der Waals surface area contributed by atoms with Gasteiger partial charge in [-0.1, -0.05) is 39.3 Å². The molecule has 0 aliphatic heterocycles. The first-order valence-electron chi connectivity index (χ1n) is 5.72. The molecule has 0 aliphatic carbocycles. The van der Waals surface area contributed by atoms with E-state index >= 15 is 0 Å². The maximum Gasteiger partial charge on any atom is 0.165 e. The molecule has 1 aromatic rings. The van der Waals surface area contributed by atoms with E-state index in [1.165, 1.54) is 0 Å². The Morgan fingerprint density at radius 1 is 1.38 bits per heavy atom. The second-order valence-corrected chi connectivity index (χ2v) is 4.30. The van der Waals surface area contributed by atoms with Crippen LogP contribution in [0.2, 0.25) is 0 Å². The van der Waals surface area contributed by atoms with Gasteiger partial charge >= 0.3 is 0 Å². The maximum atomic E-state index is 12.0. The Bertz CT molecular complexity index is 392. The fourth-order valence-electron chi connectivity index (χ4n) is 1.71. The van der Waals surface area contributed by atoms with Crippen LogP contribution in [0, 0.1) is 5.92 Å². The molecule has 1 aromatic carbocycles. The normalized spacial score (nSPS) is 10.5. The minimum absolute atomic E-state index is 0.00214. The quantitative estimate of drug-likeness (QED) is 0.561. The lowest BCUT2D eigenvalue weighted by Gasteiger charge is -2.10. The van der Waals surface area contributed by atoms with E-state index in [1.807, 2.05) is 19.9 Å². The highest BCUT2D eigenvalue weighted by atomic mass is 16.1. The molecule has 0 N–H and O–H groups in total. The Labute approximate surface area is 96.7 Å². The summed E-state index contributed by atoms with van der Waals surface area (Å²) in [6.45, 7) is 5.86. The van der Waals surface area contributed by atoms with Gasteiger partial charge < -0.3 is 0 Å². The third-order valence-corrected chi connectivity index (χ3v) is 2.57. The molecule has 0 amide bonds. The van der Waals surface area contributed by atoms with E-state index < -0.39 is 0 Å². The molecule has 2 nitrogen and oxygen atoms in total. The molecule has 0 radical (unpaired) electrons.